The number of hydrogen-bond acceptors (Lipinski definition) is 6. The van der Waals surface area contributed by atoms with Crippen LogP contribution in [0.15, 0.2) is 53.9 Å². The molecule has 8 nitrogen and oxygen atoms in total. The van der Waals surface area contributed by atoms with Crippen molar-refractivity contribution < 1.29 is 9.18 Å². The molecule has 0 atom stereocenters. The predicted molar refractivity (Wildman–Crippen MR) is 115 cm³/mol. The fourth-order valence-corrected chi connectivity index (χ4v) is 3.20. The number of benzene rings is 1. The Morgan fingerprint density at radius 1 is 1.30 bits per heavy atom. The van der Waals surface area contributed by atoms with E-state index in [1.54, 1.807) is 24.1 Å². The first-order valence-corrected chi connectivity index (χ1v) is 9.47. The highest BCUT2D eigenvalue weighted by Crippen LogP contribution is 2.31. The van der Waals surface area contributed by atoms with E-state index in [4.69, 9.17) is 4.98 Å². The van der Waals surface area contributed by atoms with Crippen LogP contribution in [0.4, 0.5) is 26.5 Å². The van der Waals surface area contributed by atoms with E-state index < -0.39 is 0 Å². The standard InChI is InChI=1S/C21H20FN7O/c1-23-12-15-11-14(3-4-16(15)22)17-5-6-18-20(27-17)29(10-2-7-25-18)21(30)28-19-13-24-8-9-26-19/h3-6,8-9,11-13,25H,2,7,10H2,1H3,(H,26,28,30). The minimum atomic E-state index is -0.356. The van der Waals surface area contributed by atoms with Crippen LogP contribution in [0.25, 0.3) is 11.3 Å². The highest BCUT2D eigenvalue weighted by Gasteiger charge is 2.24. The smallest absolute Gasteiger partial charge is 0.328 e. The molecule has 3 heterocycles. The summed E-state index contributed by atoms with van der Waals surface area (Å²) in [5.74, 6) is 0.506. The number of halogens is 1. The zero-order chi connectivity index (χ0) is 20.9. The van der Waals surface area contributed by atoms with Crippen LogP contribution < -0.4 is 15.5 Å². The Balaban J connectivity index is 1.70. The second kappa shape index (κ2) is 8.64. The Morgan fingerprint density at radius 2 is 2.20 bits per heavy atom. The molecule has 2 aromatic heterocycles. The van der Waals surface area contributed by atoms with Crippen LogP contribution in [0.1, 0.15) is 12.0 Å². The molecule has 0 bridgehead atoms. The van der Waals surface area contributed by atoms with Crippen LogP contribution in [0.3, 0.4) is 0 Å². The molecule has 2 N–H and O–H groups in total. The lowest BCUT2D eigenvalue weighted by atomic mass is 10.1. The maximum atomic E-state index is 14.0. The van der Waals surface area contributed by atoms with Crippen molar-refractivity contribution in [3.05, 3.63) is 60.3 Å². The van der Waals surface area contributed by atoms with Crippen LogP contribution in [-0.4, -0.2) is 47.3 Å². The van der Waals surface area contributed by atoms with E-state index in [0.717, 1.165) is 24.2 Å². The summed E-state index contributed by atoms with van der Waals surface area (Å²) < 4.78 is 14.0. The van der Waals surface area contributed by atoms with Crippen LogP contribution in [-0.2, 0) is 0 Å². The maximum Gasteiger partial charge on any atom is 0.328 e. The van der Waals surface area contributed by atoms with Gasteiger partial charge in [-0.3, -0.25) is 20.2 Å². The van der Waals surface area contributed by atoms with Crippen molar-refractivity contribution in [2.75, 3.05) is 35.7 Å². The molecule has 2 amide bonds. The van der Waals surface area contributed by atoms with E-state index >= 15 is 0 Å². The van der Waals surface area contributed by atoms with Crippen molar-refractivity contribution in [2.45, 2.75) is 6.42 Å². The lowest BCUT2D eigenvalue weighted by Gasteiger charge is -2.22. The molecule has 0 unspecified atom stereocenters. The van der Waals surface area contributed by atoms with Gasteiger partial charge in [0.1, 0.15) is 5.82 Å². The number of carbonyl (C=O) groups is 1. The highest BCUT2D eigenvalue weighted by molar-refractivity contribution is 6.02. The molecule has 1 aromatic carbocycles. The Hall–Kier alpha value is -3.88. The minimum absolute atomic E-state index is 0.344. The molecule has 1 aliphatic heterocycles. The first-order valence-electron chi connectivity index (χ1n) is 9.47. The van der Waals surface area contributed by atoms with Crippen LogP contribution in [0, 0.1) is 5.82 Å². The number of nitrogens with zero attached hydrogens (tertiary/aromatic N) is 5. The molecule has 4 rings (SSSR count). The van der Waals surface area contributed by atoms with E-state index in [1.807, 2.05) is 12.1 Å². The van der Waals surface area contributed by atoms with Gasteiger partial charge in [-0.2, -0.15) is 0 Å². The lowest BCUT2D eigenvalue weighted by molar-refractivity contribution is 0.256. The number of urea groups is 1. The van der Waals surface area contributed by atoms with Gasteiger partial charge in [0, 0.05) is 49.9 Å². The summed E-state index contributed by atoms with van der Waals surface area (Å²) in [6.45, 7) is 1.20. The van der Waals surface area contributed by atoms with E-state index in [-0.39, 0.29) is 11.8 Å². The van der Waals surface area contributed by atoms with Gasteiger partial charge in [-0.15, -0.1) is 0 Å². The van der Waals surface area contributed by atoms with Crippen LogP contribution in [0.5, 0.6) is 0 Å². The summed E-state index contributed by atoms with van der Waals surface area (Å²) in [5.41, 5.74) is 2.48. The summed E-state index contributed by atoms with van der Waals surface area (Å²) in [5, 5.41) is 6.05. The minimum Gasteiger partial charge on any atom is -0.382 e. The summed E-state index contributed by atoms with van der Waals surface area (Å²) in [7, 11) is 1.59. The number of rotatable bonds is 3. The number of aliphatic imine (C=N–C) groups is 1. The first kappa shape index (κ1) is 19.4. The highest BCUT2D eigenvalue weighted by atomic mass is 19.1. The number of pyridine rings is 1. The van der Waals surface area contributed by atoms with Crippen molar-refractivity contribution in [3.8, 4) is 11.3 Å². The fraction of sp³-hybridized carbons (Fsp3) is 0.190. The third-order valence-electron chi connectivity index (χ3n) is 4.61. The molecule has 0 saturated carbocycles. The summed E-state index contributed by atoms with van der Waals surface area (Å²) >= 11 is 0. The van der Waals surface area contributed by atoms with Crippen LogP contribution >= 0.6 is 0 Å². The average Bonchev–Trinajstić information content (AvgIpc) is 2.98. The molecular formula is C21H20FN7O. The van der Waals surface area contributed by atoms with Gasteiger partial charge in [0.15, 0.2) is 11.6 Å². The second-order valence-electron chi connectivity index (χ2n) is 6.64. The van der Waals surface area contributed by atoms with Crippen molar-refractivity contribution in [1.29, 1.82) is 0 Å². The molecule has 152 valence electrons. The zero-order valence-corrected chi connectivity index (χ0v) is 16.3. The molecule has 0 saturated heterocycles. The lowest BCUT2D eigenvalue weighted by Crippen LogP contribution is -2.36. The molecular weight excluding hydrogens is 385 g/mol. The number of carbonyl (C=O) groups excluding carboxylic acids is 1. The van der Waals surface area contributed by atoms with Gasteiger partial charge in [0.05, 0.1) is 17.6 Å². The quantitative estimate of drug-likeness (QED) is 0.650. The van der Waals surface area contributed by atoms with Gasteiger partial charge in [0.25, 0.3) is 0 Å². The first-order chi connectivity index (χ1) is 14.7. The third kappa shape index (κ3) is 4.09. The summed E-state index contributed by atoms with van der Waals surface area (Å²) in [4.78, 5) is 31.2. The summed E-state index contributed by atoms with van der Waals surface area (Å²) in [6.07, 6.45) is 6.75. The molecule has 9 heteroatoms. The normalized spacial score (nSPS) is 13.5. The largest absolute Gasteiger partial charge is 0.382 e. The Morgan fingerprint density at radius 3 is 3.00 bits per heavy atom. The molecule has 1 aliphatic rings. The zero-order valence-electron chi connectivity index (χ0n) is 16.3. The average molecular weight is 405 g/mol. The van der Waals surface area contributed by atoms with E-state index in [1.165, 1.54) is 30.9 Å². The molecule has 3 aromatic rings. The SMILES string of the molecule is CN=Cc1cc(-c2ccc3c(n2)N(C(=O)Nc2cnccn2)CCCN3)ccc1F. The topological polar surface area (TPSA) is 95.4 Å². The maximum absolute atomic E-state index is 14.0. The number of hydrogen-bond donors (Lipinski definition) is 2. The van der Waals surface area contributed by atoms with Gasteiger partial charge < -0.3 is 5.32 Å². The number of nitrogens with one attached hydrogen (secondary N) is 2. The van der Waals surface area contributed by atoms with Gasteiger partial charge in [-0.1, -0.05) is 0 Å². The Kier molecular flexibility index (Phi) is 5.60. The molecule has 0 spiro atoms. The van der Waals surface area contributed by atoms with Crippen molar-refractivity contribution in [2.24, 2.45) is 4.99 Å². The van der Waals surface area contributed by atoms with E-state index in [2.05, 4.69) is 25.6 Å². The van der Waals surface area contributed by atoms with Gasteiger partial charge in [0.2, 0.25) is 0 Å². The molecule has 0 radical (unpaired) electrons. The number of anilines is 3. The molecule has 0 aliphatic carbocycles. The third-order valence-corrected chi connectivity index (χ3v) is 4.61. The number of amides is 2. The van der Waals surface area contributed by atoms with Crippen LogP contribution in [0.2, 0.25) is 0 Å². The molecule has 30 heavy (non-hydrogen) atoms. The number of aromatic nitrogens is 3. The van der Waals surface area contributed by atoms with Crippen molar-refractivity contribution in [3.63, 3.8) is 0 Å². The van der Waals surface area contributed by atoms with E-state index in [0.29, 0.717) is 29.4 Å². The Bertz CT molecular complexity index is 1090. The number of fused-ring (bicyclic) bond motifs is 1. The van der Waals surface area contributed by atoms with Gasteiger partial charge in [-0.25, -0.2) is 19.2 Å². The Labute approximate surface area is 172 Å². The van der Waals surface area contributed by atoms with Gasteiger partial charge in [-0.05, 0) is 36.8 Å². The van der Waals surface area contributed by atoms with E-state index in [9.17, 15) is 9.18 Å². The monoisotopic (exact) mass is 405 g/mol. The second-order valence-corrected chi connectivity index (χ2v) is 6.64. The van der Waals surface area contributed by atoms with Crippen molar-refractivity contribution >= 4 is 29.6 Å². The summed E-state index contributed by atoms with van der Waals surface area (Å²) in [6, 6.07) is 8.11. The van der Waals surface area contributed by atoms with Crippen molar-refractivity contribution in [1.82, 2.24) is 15.0 Å². The predicted octanol–water partition coefficient (Wildman–Crippen LogP) is 3.58. The fourth-order valence-electron chi connectivity index (χ4n) is 3.20. The molecule has 0 fully saturated rings. The van der Waals surface area contributed by atoms with Gasteiger partial charge >= 0.3 is 6.03 Å².